The van der Waals surface area contributed by atoms with Crippen molar-refractivity contribution in [1.29, 1.82) is 0 Å². The second kappa shape index (κ2) is 8.43. The smallest absolute Gasteiger partial charge is 0.270 e. The SMILES string of the molecule is CCCCc1ccc(NC(=O)Cn2cnc3ccc([N+](=O)[O-])cc3c2=O)cc1. The molecular weight excluding hydrogens is 360 g/mol. The van der Waals surface area contributed by atoms with Gasteiger partial charge in [0.1, 0.15) is 6.54 Å². The number of benzene rings is 2. The minimum Gasteiger partial charge on any atom is -0.325 e. The molecule has 8 heteroatoms. The third-order valence-corrected chi connectivity index (χ3v) is 4.39. The van der Waals surface area contributed by atoms with Gasteiger partial charge in [-0.2, -0.15) is 0 Å². The van der Waals surface area contributed by atoms with Crippen molar-refractivity contribution < 1.29 is 9.72 Å². The lowest BCUT2D eigenvalue weighted by molar-refractivity contribution is -0.384. The van der Waals surface area contributed by atoms with Crippen molar-refractivity contribution >= 4 is 28.2 Å². The fraction of sp³-hybridized carbons (Fsp3) is 0.250. The van der Waals surface area contributed by atoms with Gasteiger partial charge in [0, 0.05) is 17.8 Å². The van der Waals surface area contributed by atoms with Crippen LogP contribution in [0.25, 0.3) is 10.9 Å². The van der Waals surface area contributed by atoms with E-state index in [1.807, 2.05) is 24.3 Å². The van der Waals surface area contributed by atoms with Crippen molar-refractivity contribution in [2.24, 2.45) is 0 Å². The second-order valence-corrected chi connectivity index (χ2v) is 6.48. The summed E-state index contributed by atoms with van der Waals surface area (Å²) in [6, 6.07) is 11.5. The Morgan fingerprint density at radius 1 is 1.21 bits per heavy atom. The number of fused-ring (bicyclic) bond motifs is 1. The molecule has 144 valence electrons. The van der Waals surface area contributed by atoms with Crippen LogP contribution in [0.1, 0.15) is 25.3 Å². The molecule has 1 amide bonds. The van der Waals surface area contributed by atoms with Gasteiger partial charge in [-0.25, -0.2) is 4.98 Å². The van der Waals surface area contributed by atoms with Crippen LogP contribution >= 0.6 is 0 Å². The number of hydrogen-bond acceptors (Lipinski definition) is 5. The van der Waals surface area contributed by atoms with Gasteiger partial charge >= 0.3 is 0 Å². The summed E-state index contributed by atoms with van der Waals surface area (Å²) >= 11 is 0. The van der Waals surface area contributed by atoms with E-state index in [1.54, 1.807) is 0 Å². The first kappa shape index (κ1) is 19.2. The van der Waals surface area contributed by atoms with E-state index in [-0.39, 0.29) is 23.5 Å². The third-order valence-electron chi connectivity index (χ3n) is 4.39. The van der Waals surface area contributed by atoms with Crippen LogP contribution in [0.15, 0.2) is 53.6 Å². The molecule has 0 aliphatic carbocycles. The number of aryl methyl sites for hydroxylation is 1. The van der Waals surface area contributed by atoms with Gasteiger partial charge < -0.3 is 5.32 Å². The van der Waals surface area contributed by atoms with E-state index in [1.165, 1.54) is 30.1 Å². The summed E-state index contributed by atoms with van der Waals surface area (Å²) in [5.74, 6) is -0.380. The topological polar surface area (TPSA) is 107 Å². The molecule has 0 radical (unpaired) electrons. The largest absolute Gasteiger partial charge is 0.325 e. The van der Waals surface area contributed by atoms with E-state index >= 15 is 0 Å². The quantitative estimate of drug-likeness (QED) is 0.500. The van der Waals surface area contributed by atoms with Crippen molar-refractivity contribution in [1.82, 2.24) is 9.55 Å². The van der Waals surface area contributed by atoms with E-state index in [0.717, 1.165) is 23.8 Å². The number of rotatable bonds is 7. The maximum absolute atomic E-state index is 12.6. The summed E-state index contributed by atoms with van der Waals surface area (Å²) in [4.78, 5) is 39.3. The minimum absolute atomic E-state index is 0.102. The Labute approximate surface area is 161 Å². The standard InChI is InChI=1S/C20H20N4O4/c1-2-3-4-14-5-7-15(8-6-14)22-19(25)12-23-13-21-18-10-9-16(24(27)28)11-17(18)20(23)26/h5-11,13H,2-4,12H2,1H3,(H,22,25). The molecule has 0 saturated carbocycles. The molecule has 2 aromatic carbocycles. The van der Waals surface area contributed by atoms with Gasteiger partial charge in [-0.05, 0) is 36.6 Å². The molecule has 0 unspecified atom stereocenters. The van der Waals surface area contributed by atoms with Crippen LogP contribution in [-0.2, 0) is 17.8 Å². The van der Waals surface area contributed by atoms with E-state index in [0.29, 0.717) is 11.2 Å². The number of nitrogens with one attached hydrogen (secondary N) is 1. The highest BCUT2D eigenvalue weighted by molar-refractivity contribution is 5.90. The fourth-order valence-electron chi connectivity index (χ4n) is 2.86. The van der Waals surface area contributed by atoms with Gasteiger partial charge in [-0.3, -0.25) is 24.3 Å². The highest BCUT2D eigenvalue weighted by Gasteiger charge is 2.12. The van der Waals surface area contributed by atoms with Crippen LogP contribution < -0.4 is 10.9 Å². The summed E-state index contributed by atoms with van der Waals surface area (Å²) in [5.41, 5.74) is 1.49. The molecule has 0 bridgehead atoms. The molecule has 1 aromatic heterocycles. The summed E-state index contributed by atoms with van der Waals surface area (Å²) in [5, 5.41) is 13.8. The number of non-ortho nitro benzene ring substituents is 1. The van der Waals surface area contributed by atoms with Crippen molar-refractivity contribution in [3.8, 4) is 0 Å². The molecule has 1 N–H and O–H groups in total. The maximum Gasteiger partial charge on any atom is 0.270 e. The van der Waals surface area contributed by atoms with Gasteiger partial charge in [0.25, 0.3) is 11.2 Å². The highest BCUT2D eigenvalue weighted by atomic mass is 16.6. The highest BCUT2D eigenvalue weighted by Crippen LogP contribution is 2.16. The number of anilines is 1. The Kier molecular flexibility index (Phi) is 5.78. The number of carbonyl (C=O) groups excluding carboxylic acids is 1. The van der Waals surface area contributed by atoms with E-state index in [9.17, 15) is 19.7 Å². The normalized spacial score (nSPS) is 10.8. The van der Waals surface area contributed by atoms with Crippen LogP contribution in [0.5, 0.6) is 0 Å². The number of nitro groups is 1. The molecule has 0 aliphatic heterocycles. The van der Waals surface area contributed by atoms with Crippen LogP contribution in [0.3, 0.4) is 0 Å². The zero-order valence-electron chi connectivity index (χ0n) is 15.4. The molecule has 28 heavy (non-hydrogen) atoms. The number of aromatic nitrogens is 2. The van der Waals surface area contributed by atoms with Gasteiger partial charge in [-0.15, -0.1) is 0 Å². The molecule has 0 atom stereocenters. The zero-order valence-corrected chi connectivity index (χ0v) is 15.4. The molecule has 1 heterocycles. The van der Waals surface area contributed by atoms with Crippen molar-refractivity contribution in [2.45, 2.75) is 32.7 Å². The van der Waals surface area contributed by atoms with E-state index < -0.39 is 10.5 Å². The van der Waals surface area contributed by atoms with Gasteiger partial charge in [0.15, 0.2) is 0 Å². The second-order valence-electron chi connectivity index (χ2n) is 6.48. The zero-order chi connectivity index (χ0) is 20.1. The van der Waals surface area contributed by atoms with Crippen LogP contribution in [0, 0.1) is 10.1 Å². The molecule has 0 aliphatic rings. The number of unbranched alkanes of at least 4 members (excludes halogenated alkanes) is 1. The lowest BCUT2D eigenvalue weighted by atomic mass is 10.1. The summed E-state index contributed by atoms with van der Waals surface area (Å²) in [6.07, 6.45) is 4.50. The van der Waals surface area contributed by atoms with Gasteiger partial charge in [0.2, 0.25) is 5.91 Å². The molecular formula is C20H20N4O4. The van der Waals surface area contributed by atoms with Crippen molar-refractivity contribution in [3.63, 3.8) is 0 Å². The summed E-state index contributed by atoms with van der Waals surface area (Å²) in [6.45, 7) is 1.90. The van der Waals surface area contributed by atoms with Crippen molar-refractivity contribution in [2.75, 3.05) is 5.32 Å². The Balaban J connectivity index is 1.74. The number of amides is 1. The number of hydrogen-bond donors (Lipinski definition) is 1. The molecule has 8 nitrogen and oxygen atoms in total. The number of nitro benzene ring substituents is 1. The first-order chi connectivity index (χ1) is 13.5. The van der Waals surface area contributed by atoms with Crippen LogP contribution in [-0.4, -0.2) is 20.4 Å². The maximum atomic E-state index is 12.6. The van der Waals surface area contributed by atoms with Gasteiger partial charge in [0.05, 0.1) is 22.2 Å². The lowest BCUT2D eigenvalue weighted by Crippen LogP contribution is -2.27. The number of nitrogens with zero attached hydrogens (tertiary/aromatic N) is 3. The summed E-state index contributed by atoms with van der Waals surface area (Å²) < 4.78 is 1.14. The van der Waals surface area contributed by atoms with Crippen LogP contribution in [0.4, 0.5) is 11.4 Å². The molecule has 0 fully saturated rings. The molecule has 0 saturated heterocycles. The predicted molar refractivity (Wildman–Crippen MR) is 106 cm³/mol. The average Bonchev–Trinajstić information content (AvgIpc) is 2.69. The predicted octanol–water partition coefficient (Wildman–Crippen LogP) is 3.29. The average molecular weight is 380 g/mol. The first-order valence-electron chi connectivity index (χ1n) is 9.00. The molecule has 0 spiro atoms. The third kappa shape index (κ3) is 4.40. The first-order valence-corrected chi connectivity index (χ1v) is 9.00. The van der Waals surface area contributed by atoms with E-state index in [2.05, 4.69) is 17.2 Å². The monoisotopic (exact) mass is 380 g/mol. The lowest BCUT2D eigenvalue weighted by Gasteiger charge is -2.09. The molecule has 3 aromatic rings. The van der Waals surface area contributed by atoms with E-state index in [4.69, 9.17) is 0 Å². The Morgan fingerprint density at radius 3 is 2.64 bits per heavy atom. The van der Waals surface area contributed by atoms with Crippen LogP contribution in [0.2, 0.25) is 0 Å². The number of carbonyl (C=O) groups is 1. The Morgan fingerprint density at radius 2 is 1.96 bits per heavy atom. The van der Waals surface area contributed by atoms with Crippen molar-refractivity contribution in [3.05, 3.63) is 74.8 Å². The molecule has 3 rings (SSSR count). The Hall–Kier alpha value is -3.55. The summed E-state index contributed by atoms with van der Waals surface area (Å²) in [7, 11) is 0. The fourth-order valence-corrected chi connectivity index (χ4v) is 2.86. The van der Waals surface area contributed by atoms with Gasteiger partial charge in [-0.1, -0.05) is 25.5 Å². The Bertz CT molecular complexity index is 1070. The minimum atomic E-state index is -0.576.